The first-order valence-electron chi connectivity index (χ1n) is 8.62. The van der Waals surface area contributed by atoms with Crippen molar-refractivity contribution in [2.75, 3.05) is 13.2 Å². The van der Waals surface area contributed by atoms with E-state index in [1.807, 2.05) is 19.1 Å². The molecule has 150 valence electrons. The van der Waals surface area contributed by atoms with E-state index < -0.39 is 21.8 Å². The molecule has 0 unspecified atom stereocenters. The first kappa shape index (κ1) is 21.4. The number of ether oxygens (including phenoxy) is 1. The minimum atomic E-state index is -3.69. The number of hydrazine groups is 1. The maximum Gasteiger partial charge on any atom is 0.276 e. The van der Waals surface area contributed by atoms with Crippen LogP contribution in [0.2, 0.25) is 0 Å². The Kier molecular flexibility index (Phi) is 7.13. The summed E-state index contributed by atoms with van der Waals surface area (Å²) in [4.78, 5) is 24.2. The van der Waals surface area contributed by atoms with Gasteiger partial charge in [-0.3, -0.25) is 20.4 Å². The van der Waals surface area contributed by atoms with Crippen molar-refractivity contribution in [3.63, 3.8) is 0 Å². The summed E-state index contributed by atoms with van der Waals surface area (Å²) in [7, 11) is -3.69. The Labute approximate surface area is 164 Å². The number of aryl methyl sites for hydroxylation is 2. The molecule has 3 N–H and O–H groups in total. The van der Waals surface area contributed by atoms with Gasteiger partial charge < -0.3 is 4.74 Å². The quantitative estimate of drug-likeness (QED) is 0.603. The predicted octanol–water partition coefficient (Wildman–Crippen LogP) is 1.44. The lowest BCUT2D eigenvalue weighted by Crippen LogP contribution is -2.44. The Morgan fingerprint density at radius 2 is 1.79 bits per heavy atom. The maximum atomic E-state index is 12.3. The molecule has 0 heterocycles. The second-order valence-corrected chi connectivity index (χ2v) is 7.85. The molecule has 0 fully saturated rings. The number of carbonyl (C=O) groups is 2. The number of carbonyl (C=O) groups excluding carboxylic acids is 2. The number of nitrogens with one attached hydrogen (secondary N) is 3. The second-order valence-electron chi connectivity index (χ2n) is 6.09. The van der Waals surface area contributed by atoms with E-state index in [4.69, 9.17) is 4.74 Å². The van der Waals surface area contributed by atoms with Crippen molar-refractivity contribution in [3.05, 3.63) is 59.2 Å². The molecule has 0 aliphatic carbocycles. The average Bonchev–Trinajstić information content (AvgIpc) is 2.64. The Morgan fingerprint density at radius 3 is 2.46 bits per heavy atom. The van der Waals surface area contributed by atoms with Crippen molar-refractivity contribution >= 4 is 21.8 Å². The van der Waals surface area contributed by atoms with E-state index in [1.165, 1.54) is 18.2 Å². The Balaban J connectivity index is 1.98. The van der Waals surface area contributed by atoms with Gasteiger partial charge in [-0.2, -0.15) is 0 Å². The summed E-state index contributed by atoms with van der Waals surface area (Å²) < 4.78 is 31.9. The smallest absolute Gasteiger partial charge is 0.276 e. The van der Waals surface area contributed by atoms with E-state index in [-0.39, 0.29) is 23.6 Å². The molecule has 0 saturated carbocycles. The van der Waals surface area contributed by atoms with Crippen LogP contribution >= 0.6 is 0 Å². The molecule has 0 aliphatic rings. The molecule has 0 bridgehead atoms. The number of sulfonamides is 1. The highest BCUT2D eigenvalue weighted by Crippen LogP contribution is 2.15. The molecule has 2 amide bonds. The highest BCUT2D eigenvalue weighted by molar-refractivity contribution is 7.89. The van der Waals surface area contributed by atoms with Crippen LogP contribution in [0, 0.1) is 13.8 Å². The highest BCUT2D eigenvalue weighted by atomic mass is 32.2. The third kappa shape index (κ3) is 5.80. The molecular formula is C19H23N3O5S. The number of hydrogen-bond acceptors (Lipinski definition) is 5. The standard InChI is InChI=1S/C19H23N3O5S/c1-4-20-28(25,26)16-9-8-14(3)17(11-16)19(24)22-21-18(23)12-27-15-7-5-6-13(2)10-15/h5-11,20H,4,12H2,1-3H3,(H,21,23)(H,22,24). The van der Waals surface area contributed by atoms with Crippen LogP contribution in [-0.2, 0) is 14.8 Å². The predicted molar refractivity (Wildman–Crippen MR) is 104 cm³/mol. The van der Waals surface area contributed by atoms with E-state index in [0.29, 0.717) is 11.3 Å². The van der Waals surface area contributed by atoms with Gasteiger partial charge in [-0.1, -0.05) is 25.1 Å². The van der Waals surface area contributed by atoms with E-state index in [1.54, 1.807) is 26.0 Å². The van der Waals surface area contributed by atoms with Crippen LogP contribution in [0.1, 0.15) is 28.4 Å². The zero-order valence-electron chi connectivity index (χ0n) is 15.9. The summed E-state index contributed by atoms with van der Waals surface area (Å²) in [6.45, 7) is 5.18. The summed E-state index contributed by atoms with van der Waals surface area (Å²) in [5.74, 6) is -0.641. The second kappa shape index (κ2) is 9.34. The fourth-order valence-corrected chi connectivity index (χ4v) is 3.44. The molecule has 0 aromatic heterocycles. The fourth-order valence-electron chi connectivity index (χ4n) is 2.37. The maximum absolute atomic E-state index is 12.3. The van der Waals surface area contributed by atoms with Gasteiger partial charge in [-0.25, -0.2) is 13.1 Å². The van der Waals surface area contributed by atoms with E-state index in [2.05, 4.69) is 15.6 Å². The molecule has 28 heavy (non-hydrogen) atoms. The minimum absolute atomic E-state index is 0.0285. The normalized spacial score (nSPS) is 11.0. The van der Waals surface area contributed by atoms with Crippen LogP contribution in [0.4, 0.5) is 0 Å². The topological polar surface area (TPSA) is 114 Å². The molecule has 0 atom stereocenters. The van der Waals surface area contributed by atoms with Crippen molar-refractivity contribution in [2.45, 2.75) is 25.7 Å². The molecule has 0 saturated heterocycles. The van der Waals surface area contributed by atoms with E-state index in [9.17, 15) is 18.0 Å². The number of amides is 2. The fraction of sp³-hybridized carbons (Fsp3) is 0.263. The lowest BCUT2D eigenvalue weighted by Gasteiger charge is -2.12. The zero-order valence-corrected chi connectivity index (χ0v) is 16.7. The summed E-state index contributed by atoms with van der Waals surface area (Å²) in [5, 5.41) is 0. The van der Waals surface area contributed by atoms with Crippen LogP contribution in [-0.4, -0.2) is 33.4 Å². The summed E-state index contributed by atoms with van der Waals surface area (Å²) >= 11 is 0. The molecule has 9 heteroatoms. The summed E-state index contributed by atoms with van der Waals surface area (Å²) in [6.07, 6.45) is 0. The largest absolute Gasteiger partial charge is 0.484 e. The molecular weight excluding hydrogens is 382 g/mol. The molecule has 0 radical (unpaired) electrons. The molecule has 2 aromatic rings. The van der Waals surface area contributed by atoms with Crippen LogP contribution in [0.25, 0.3) is 0 Å². The highest BCUT2D eigenvalue weighted by Gasteiger charge is 2.17. The van der Waals surface area contributed by atoms with Gasteiger partial charge >= 0.3 is 0 Å². The van der Waals surface area contributed by atoms with Crippen LogP contribution in [0.5, 0.6) is 5.75 Å². The van der Waals surface area contributed by atoms with E-state index in [0.717, 1.165) is 5.56 Å². The van der Waals surface area contributed by atoms with Crippen molar-refractivity contribution in [1.82, 2.24) is 15.6 Å². The Bertz CT molecular complexity index is 973. The molecule has 8 nitrogen and oxygen atoms in total. The third-order valence-electron chi connectivity index (χ3n) is 3.77. The van der Waals surface area contributed by atoms with Crippen LogP contribution in [0.15, 0.2) is 47.4 Å². The van der Waals surface area contributed by atoms with Crippen molar-refractivity contribution < 1.29 is 22.7 Å². The third-order valence-corrected chi connectivity index (χ3v) is 5.32. The average molecular weight is 405 g/mol. The number of benzene rings is 2. The zero-order chi connectivity index (χ0) is 20.7. The first-order chi connectivity index (χ1) is 13.2. The Hall–Kier alpha value is -2.91. The van der Waals surface area contributed by atoms with Gasteiger partial charge in [0.15, 0.2) is 6.61 Å². The lowest BCUT2D eigenvalue weighted by atomic mass is 10.1. The summed E-state index contributed by atoms with van der Waals surface area (Å²) in [5.41, 5.74) is 6.21. The SMILES string of the molecule is CCNS(=O)(=O)c1ccc(C)c(C(=O)NNC(=O)COc2cccc(C)c2)c1. The van der Waals surface area contributed by atoms with Gasteiger partial charge in [0.25, 0.3) is 11.8 Å². The summed E-state index contributed by atoms with van der Waals surface area (Å²) in [6, 6.07) is 11.4. The van der Waals surface area contributed by atoms with Gasteiger partial charge in [0.05, 0.1) is 4.90 Å². The van der Waals surface area contributed by atoms with Crippen molar-refractivity contribution in [1.29, 1.82) is 0 Å². The van der Waals surface area contributed by atoms with Crippen LogP contribution < -0.4 is 20.3 Å². The van der Waals surface area contributed by atoms with Gasteiger partial charge in [0, 0.05) is 12.1 Å². The molecule has 0 spiro atoms. The van der Waals surface area contributed by atoms with Crippen molar-refractivity contribution in [2.24, 2.45) is 0 Å². The monoisotopic (exact) mass is 405 g/mol. The number of hydrogen-bond donors (Lipinski definition) is 3. The molecule has 2 aromatic carbocycles. The molecule has 0 aliphatic heterocycles. The van der Waals surface area contributed by atoms with Gasteiger partial charge in [0.1, 0.15) is 5.75 Å². The minimum Gasteiger partial charge on any atom is -0.484 e. The molecule has 2 rings (SSSR count). The van der Waals surface area contributed by atoms with Gasteiger partial charge in [-0.05, 0) is 49.2 Å². The van der Waals surface area contributed by atoms with Gasteiger partial charge in [0.2, 0.25) is 10.0 Å². The van der Waals surface area contributed by atoms with Gasteiger partial charge in [-0.15, -0.1) is 0 Å². The van der Waals surface area contributed by atoms with E-state index >= 15 is 0 Å². The van der Waals surface area contributed by atoms with Crippen LogP contribution in [0.3, 0.4) is 0 Å². The van der Waals surface area contributed by atoms with Crippen molar-refractivity contribution in [3.8, 4) is 5.75 Å². The lowest BCUT2D eigenvalue weighted by molar-refractivity contribution is -0.123. The number of rotatable bonds is 7. The first-order valence-corrected chi connectivity index (χ1v) is 10.1. The Morgan fingerprint density at radius 1 is 1.04 bits per heavy atom.